The summed E-state index contributed by atoms with van der Waals surface area (Å²) in [6.07, 6.45) is 0. The molecule has 0 atom stereocenters. The van der Waals surface area contributed by atoms with Crippen molar-refractivity contribution >= 4 is 10.0 Å². The van der Waals surface area contributed by atoms with Crippen molar-refractivity contribution in [3.8, 4) is 0 Å². The molecule has 0 aliphatic rings. The predicted molar refractivity (Wildman–Crippen MR) is 76.3 cm³/mol. The summed E-state index contributed by atoms with van der Waals surface area (Å²) in [5, 5.41) is 6.49. The first-order valence-electron chi connectivity index (χ1n) is 6.31. The molecule has 3 N–H and O–H groups in total. The van der Waals surface area contributed by atoms with Gasteiger partial charge in [-0.1, -0.05) is 18.2 Å². The molecule has 1 aromatic heterocycles. The summed E-state index contributed by atoms with van der Waals surface area (Å²) in [6.45, 7) is 1.55. The van der Waals surface area contributed by atoms with Gasteiger partial charge in [0.2, 0.25) is 10.0 Å². The van der Waals surface area contributed by atoms with Crippen LogP contribution in [0.2, 0.25) is 0 Å². The van der Waals surface area contributed by atoms with Crippen molar-refractivity contribution in [1.82, 2.24) is 14.5 Å². The Balaban J connectivity index is 2.35. The second-order valence-electron chi connectivity index (χ2n) is 4.68. The van der Waals surface area contributed by atoms with E-state index in [9.17, 15) is 12.8 Å². The van der Waals surface area contributed by atoms with Gasteiger partial charge in [0, 0.05) is 25.7 Å². The third-order valence-electron chi connectivity index (χ3n) is 3.17. The van der Waals surface area contributed by atoms with Crippen LogP contribution in [0.5, 0.6) is 0 Å². The smallest absolute Gasteiger partial charge is 0.246 e. The first kappa shape index (κ1) is 15.6. The molecule has 0 aliphatic carbocycles. The second kappa shape index (κ2) is 5.92. The molecule has 0 aliphatic heterocycles. The molecule has 0 spiro atoms. The minimum atomic E-state index is -3.79. The van der Waals surface area contributed by atoms with Crippen LogP contribution in [0.3, 0.4) is 0 Å². The maximum atomic E-state index is 13.6. The van der Waals surface area contributed by atoms with Gasteiger partial charge >= 0.3 is 0 Å². The Morgan fingerprint density at radius 3 is 2.67 bits per heavy atom. The van der Waals surface area contributed by atoms with Crippen molar-refractivity contribution in [2.24, 2.45) is 5.73 Å². The van der Waals surface area contributed by atoms with E-state index >= 15 is 0 Å². The van der Waals surface area contributed by atoms with E-state index < -0.39 is 15.8 Å². The number of sulfonamides is 1. The van der Waals surface area contributed by atoms with Crippen molar-refractivity contribution in [3.05, 3.63) is 47.0 Å². The van der Waals surface area contributed by atoms with Crippen LogP contribution < -0.4 is 5.73 Å². The van der Waals surface area contributed by atoms with Crippen LogP contribution in [0.25, 0.3) is 0 Å². The quantitative estimate of drug-likeness (QED) is 0.866. The highest BCUT2D eigenvalue weighted by atomic mass is 32.2. The molecule has 0 bridgehead atoms. The number of nitrogens with one attached hydrogen (secondary N) is 1. The maximum absolute atomic E-state index is 13.6. The Morgan fingerprint density at radius 2 is 2.05 bits per heavy atom. The first-order chi connectivity index (χ1) is 9.87. The van der Waals surface area contributed by atoms with Gasteiger partial charge in [-0.25, -0.2) is 12.8 Å². The summed E-state index contributed by atoms with van der Waals surface area (Å²) < 4.78 is 39.9. The third kappa shape index (κ3) is 2.97. The molecule has 0 fully saturated rings. The number of nitrogens with two attached hydrogens (primary N) is 1. The van der Waals surface area contributed by atoms with E-state index in [2.05, 4.69) is 10.2 Å². The maximum Gasteiger partial charge on any atom is 0.246 e. The van der Waals surface area contributed by atoms with E-state index in [1.54, 1.807) is 25.1 Å². The topological polar surface area (TPSA) is 92.1 Å². The monoisotopic (exact) mass is 312 g/mol. The summed E-state index contributed by atoms with van der Waals surface area (Å²) in [5.41, 5.74) is 6.50. The zero-order chi connectivity index (χ0) is 15.6. The molecule has 114 valence electrons. The lowest BCUT2D eigenvalue weighted by Gasteiger charge is -2.18. The predicted octanol–water partition coefficient (Wildman–Crippen LogP) is 1.14. The van der Waals surface area contributed by atoms with Crippen molar-refractivity contribution in [1.29, 1.82) is 0 Å². The fraction of sp³-hybridized carbons (Fsp3) is 0.308. The molecular weight excluding hydrogens is 295 g/mol. The van der Waals surface area contributed by atoms with Crippen molar-refractivity contribution < 1.29 is 12.8 Å². The van der Waals surface area contributed by atoms with Gasteiger partial charge < -0.3 is 5.73 Å². The molecule has 21 heavy (non-hydrogen) atoms. The summed E-state index contributed by atoms with van der Waals surface area (Å²) in [7, 11) is -2.39. The molecule has 6 nitrogen and oxygen atoms in total. The molecular formula is C13H17FN4O2S. The Hall–Kier alpha value is -1.77. The summed E-state index contributed by atoms with van der Waals surface area (Å²) >= 11 is 0. The van der Waals surface area contributed by atoms with Crippen LogP contribution >= 0.6 is 0 Å². The number of nitrogens with zero attached hydrogens (tertiary/aromatic N) is 2. The standard InChI is InChI=1S/C13H17FN4O2S/c1-9-13(12(7-15)17-16-9)21(19,20)18(2)8-10-5-3-4-6-11(10)14/h3-6H,7-8,15H2,1-2H3,(H,16,17). The minimum Gasteiger partial charge on any atom is -0.325 e. The number of aromatic amines is 1. The molecule has 0 saturated heterocycles. The Morgan fingerprint density at radius 1 is 1.38 bits per heavy atom. The number of rotatable bonds is 5. The molecule has 0 amide bonds. The lowest BCUT2D eigenvalue weighted by Crippen LogP contribution is -2.28. The van der Waals surface area contributed by atoms with Crippen LogP contribution in [0, 0.1) is 12.7 Å². The van der Waals surface area contributed by atoms with Gasteiger partial charge in [0.05, 0.1) is 11.4 Å². The Kier molecular flexibility index (Phi) is 4.40. The molecule has 2 rings (SSSR count). The highest BCUT2D eigenvalue weighted by Crippen LogP contribution is 2.22. The Labute approximate surface area is 122 Å². The van der Waals surface area contributed by atoms with E-state index in [0.717, 1.165) is 4.31 Å². The van der Waals surface area contributed by atoms with E-state index in [0.29, 0.717) is 11.3 Å². The zero-order valence-electron chi connectivity index (χ0n) is 11.8. The van der Waals surface area contributed by atoms with Gasteiger partial charge in [0.15, 0.2) is 0 Å². The van der Waals surface area contributed by atoms with Gasteiger partial charge in [0.25, 0.3) is 0 Å². The largest absolute Gasteiger partial charge is 0.325 e. The minimum absolute atomic E-state index is 0.00639. The lowest BCUT2D eigenvalue weighted by molar-refractivity contribution is 0.455. The number of aryl methyl sites for hydroxylation is 1. The molecule has 0 unspecified atom stereocenters. The van der Waals surface area contributed by atoms with Gasteiger partial charge in [-0.15, -0.1) is 0 Å². The van der Waals surface area contributed by atoms with E-state index in [-0.39, 0.29) is 23.7 Å². The number of benzene rings is 1. The molecule has 0 saturated carbocycles. The van der Waals surface area contributed by atoms with Crippen LogP contribution in [-0.2, 0) is 23.1 Å². The van der Waals surface area contributed by atoms with Gasteiger partial charge in [-0.3, -0.25) is 5.10 Å². The third-order valence-corrected chi connectivity index (χ3v) is 5.18. The van der Waals surface area contributed by atoms with Crippen molar-refractivity contribution in [3.63, 3.8) is 0 Å². The number of hydrogen-bond acceptors (Lipinski definition) is 4. The van der Waals surface area contributed by atoms with Crippen molar-refractivity contribution in [2.75, 3.05) is 7.05 Å². The summed E-state index contributed by atoms with van der Waals surface area (Å²) in [5.74, 6) is -0.442. The van der Waals surface area contributed by atoms with E-state index in [1.165, 1.54) is 13.1 Å². The first-order valence-corrected chi connectivity index (χ1v) is 7.75. The summed E-state index contributed by atoms with van der Waals surface area (Å²) in [4.78, 5) is 0.0591. The van der Waals surface area contributed by atoms with Crippen LogP contribution in [0.1, 0.15) is 17.0 Å². The highest BCUT2D eigenvalue weighted by molar-refractivity contribution is 7.89. The van der Waals surface area contributed by atoms with Crippen molar-refractivity contribution in [2.45, 2.75) is 24.9 Å². The normalized spacial score (nSPS) is 12.0. The van der Waals surface area contributed by atoms with E-state index in [4.69, 9.17) is 5.73 Å². The van der Waals surface area contributed by atoms with Gasteiger partial charge in [-0.05, 0) is 13.0 Å². The number of halogens is 1. The van der Waals surface area contributed by atoms with E-state index in [1.807, 2.05) is 0 Å². The highest BCUT2D eigenvalue weighted by Gasteiger charge is 2.28. The summed E-state index contributed by atoms with van der Waals surface area (Å²) in [6, 6.07) is 6.06. The van der Waals surface area contributed by atoms with Crippen LogP contribution in [-0.4, -0.2) is 30.0 Å². The fourth-order valence-corrected chi connectivity index (χ4v) is 3.54. The van der Waals surface area contributed by atoms with Crippen LogP contribution in [0.15, 0.2) is 29.2 Å². The molecule has 1 heterocycles. The molecule has 8 heteroatoms. The molecule has 0 radical (unpaired) electrons. The number of H-pyrrole nitrogens is 1. The van der Waals surface area contributed by atoms with Gasteiger partial charge in [0.1, 0.15) is 10.7 Å². The fourth-order valence-electron chi connectivity index (χ4n) is 2.06. The average molecular weight is 312 g/mol. The molecule has 2 aromatic rings. The van der Waals surface area contributed by atoms with Crippen LogP contribution in [0.4, 0.5) is 4.39 Å². The zero-order valence-corrected chi connectivity index (χ0v) is 12.6. The molecule has 1 aromatic carbocycles. The lowest BCUT2D eigenvalue weighted by atomic mass is 10.2. The second-order valence-corrected chi connectivity index (χ2v) is 6.66. The Bertz CT molecular complexity index is 742. The SMILES string of the molecule is Cc1[nH]nc(CN)c1S(=O)(=O)N(C)Cc1ccccc1F. The average Bonchev–Trinajstić information content (AvgIpc) is 2.83. The van der Waals surface area contributed by atoms with Gasteiger partial charge in [-0.2, -0.15) is 9.40 Å². The number of aromatic nitrogens is 2. The number of hydrogen-bond donors (Lipinski definition) is 2.